The first-order chi connectivity index (χ1) is 9.89. The van der Waals surface area contributed by atoms with Crippen LogP contribution in [-0.4, -0.2) is 23.4 Å². The first-order valence-electron chi connectivity index (χ1n) is 5.61. The van der Waals surface area contributed by atoms with Crippen molar-refractivity contribution in [2.45, 2.75) is 6.36 Å². The van der Waals surface area contributed by atoms with Gasteiger partial charge in [0.2, 0.25) is 5.88 Å². The average molecular weight is 364 g/mol. The molecule has 0 saturated heterocycles. The van der Waals surface area contributed by atoms with Crippen LogP contribution in [0.1, 0.15) is 0 Å². The largest absolute Gasteiger partial charge is 0.573 e. The fraction of sp³-hybridized carbons (Fsp3) is 0.167. The van der Waals surface area contributed by atoms with Crippen LogP contribution in [0.4, 0.5) is 19.0 Å². The molecule has 1 N–H and O–H groups in total. The Morgan fingerprint density at radius 3 is 2.29 bits per heavy atom. The number of alkyl halides is 3. The second kappa shape index (κ2) is 6.17. The summed E-state index contributed by atoms with van der Waals surface area (Å²) in [7, 11) is 1.68. The Balaban J connectivity index is 2.14. The summed E-state index contributed by atoms with van der Waals surface area (Å²) in [4.78, 5) is 7.89. The summed E-state index contributed by atoms with van der Waals surface area (Å²) < 4.78 is 45.9. The summed E-state index contributed by atoms with van der Waals surface area (Å²) in [6.07, 6.45) is -3.42. The van der Waals surface area contributed by atoms with Crippen molar-refractivity contribution in [3.8, 4) is 17.4 Å². The number of anilines is 1. The molecular weight excluding hydrogens is 355 g/mol. The van der Waals surface area contributed by atoms with Crippen LogP contribution in [0.5, 0.6) is 17.4 Å². The molecule has 1 heterocycles. The Bertz CT molecular complexity index is 620. The predicted molar refractivity (Wildman–Crippen MR) is 72.5 cm³/mol. The van der Waals surface area contributed by atoms with Gasteiger partial charge in [0.15, 0.2) is 0 Å². The Kier molecular flexibility index (Phi) is 4.51. The van der Waals surface area contributed by atoms with Gasteiger partial charge in [-0.15, -0.1) is 13.2 Å². The van der Waals surface area contributed by atoms with Gasteiger partial charge in [-0.3, -0.25) is 0 Å². The highest BCUT2D eigenvalue weighted by Gasteiger charge is 2.31. The van der Waals surface area contributed by atoms with E-state index >= 15 is 0 Å². The van der Waals surface area contributed by atoms with Crippen LogP contribution in [0.15, 0.2) is 35.1 Å². The lowest BCUT2D eigenvalue weighted by molar-refractivity contribution is -0.274. The van der Waals surface area contributed by atoms with E-state index in [9.17, 15) is 13.2 Å². The van der Waals surface area contributed by atoms with Crippen LogP contribution in [0.3, 0.4) is 0 Å². The summed E-state index contributed by atoms with van der Waals surface area (Å²) in [6, 6.07) is 4.98. The monoisotopic (exact) mass is 363 g/mol. The summed E-state index contributed by atoms with van der Waals surface area (Å²) in [5, 5.41) is 2.83. The van der Waals surface area contributed by atoms with Gasteiger partial charge in [-0.05, 0) is 40.2 Å². The van der Waals surface area contributed by atoms with Crippen LogP contribution >= 0.6 is 15.9 Å². The average Bonchev–Trinajstić information content (AvgIpc) is 2.42. The van der Waals surface area contributed by atoms with E-state index in [1.165, 1.54) is 18.5 Å². The van der Waals surface area contributed by atoms with Gasteiger partial charge < -0.3 is 14.8 Å². The van der Waals surface area contributed by atoms with Gasteiger partial charge in [0.25, 0.3) is 0 Å². The zero-order valence-corrected chi connectivity index (χ0v) is 12.2. The van der Waals surface area contributed by atoms with Crippen molar-refractivity contribution in [1.29, 1.82) is 0 Å². The van der Waals surface area contributed by atoms with Crippen molar-refractivity contribution < 1.29 is 22.6 Å². The van der Waals surface area contributed by atoms with Gasteiger partial charge in [-0.25, -0.2) is 9.97 Å². The standard InChI is InChI=1S/C12H9BrF3N3O2/c1-17-10-9(13)11(19-6-18-10)20-7-2-4-8(5-3-7)21-12(14,15)16/h2-6H,1H3,(H,17,18,19). The molecule has 0 aliphatic heterocycles. The molecule has 0 amide bonds. The number of hydrogen-bond acceptors (Lipinski definition) is 5. The van der Waals surface area contributed by atoms with Crippen molar-refractivity contribution in [2.24, 2.45) is 0 Å². The number of ether oxygens (including phenoxy) is 2. The zero-order chi connectivity index (χ0) is 15.5. The number of hydrogen-bond donors (Lipinski definition) is 1. The first kappa shape index (κ1) is 15.4. The molecule has 2 rings (SSSR count). The number of nitrogens with one attached hydrogen (secondary N) is 1. The molecular formula is C12H9BrF3N3O2. The lowest BCUT2D eigenvalue weighted by Gasteiger charge is -2.11. The fourth-order valence-electron chi connectivity index (χ4n) is 1.42. The number of rotatable bonds is 4. The van der Waals surface area contributed by atoms with Gasteiger partial charge >= 0.3 is 6.36 Å². The van der Waals surface area contributed by atoms with Crippen LogP contribution in [-0.2, 0) is 0 Å². The van der Waals surface area contributed by atoms with Gasteiger partial charge in [0, 0.05) is 7.05 Å². The van der Waals surface area contributed by atoms with E-state index in [0.717, 1.165) is 12.1 Å². The maximum atomic E-state index is 12.0. The highest BCUT2D eigenvalue weighted by molar-refractivity contribution is 9.10. The SMILES string of the molecule is CNc1ncnc(Oc2ccc(OC(F)(F)F)cc2)c1Br. The molecule has 112 valence electrons. The molecule has 1 aromatic heterocycles. The van der Waals surface area contributed by atoms with Crippen LogP contribution in [0.2, 0.25) is 0 Å². The maximum Gasteiger partial charge on any atom is 0.573 e. The fourth-order valence-corrected chi connectivity index (χ4v) is 1.90. The van der Waals surface area contributed by atoms with Crippen molar-refractivity contribution in [2.75, 3.05) is 12.4 Å². The molecule has 21 heavy (non-hydrogen) atoms. The lowest BCUT2D eigenvalue weighted by Crippen LogP contribution is -2.16. The molecule has 1 aromatic carbocycles. The first-order valence-corrected chi connectivity index (χ1v) is 6.40. The summed E-state index contributed by atoms with van der Waals surface area (Å²) in [5.41, 5.74) is 0. The minimum Gasteiger partial charge on any atom is -0.438 e. The van der Waals surface area contributed by atoms with Gasteiger partial charge in [-0.2, -0.15) is 0 Å². The molecule has 0 atom stereocenters. The number of benzene rings is 1. The number of nitrogens with zero attached hydrogens (tertiary/aromatic N) is 2. The smallest absolute Gasteiger partial charge is 0.438 e. The van der Waals surface area contributed by atoms with E-state index < -0.39 is 6.36 Å². The number of halogens is 4. The molecule has 0 fully saturated rings. The van der Waals surface area contributed by atoms with E-state index in [4.69, 9.17) is 4.74 Å². The minimum absolute atomic E-state index is 0.235. The molecule has 0 aliphatic carbocycles. The van der Waals surface area contributed by atoms with Gasteiger partial charge in [0.1, 0.15) is 28.1 Å². The third kappa shape index (κ3) is 4.22. The van der Waals surface area contributed by atoms with E-state index in [1.807, 2.05) is 0 Å². The third-order valence-corrected chi connectivity index (χ3v) is 2.98. The third-order valence-electron chi connectivity index (χ3n) is 2.27. The Hall–Kier alpha value is -2.03. The highest BCUT2D eigenvalue weighted by atomic mass is 79.9. The van der Waals surface area contributed by atoms with Crippen LogP contribution in [0, 0.1) is 0 Å². The molecule has 0 unspecified atom stereocenters. The molecule has 0 radical (unpaired) electrons. The van der Waals surface area contributed by atoms with E-state index in [2.05, 4.69) is 36.0 Å². The van der Waals surface area contributed by atoms with Crippen molar-refractivity contribution in [3.05, 3.63) is 35.1 Å². The quantitative estimate of drug-likeness (QED) is 0.890. The Morgan fingerprint density at radius 1 is 1.10 bits per heavy atom. The number of aromatic nitrogens is 2. The predicted octanol–water partition coefficient (Wildman–Crippen LogP) is 3.97. The molecule has 2 aromatic rings. The maximum absolute atomic E-state index is 12.0. The molecule has 0 spiro atoms. The molecule has 0 saturated carbocycles. The minimum atomic E-state index is -4.72. The van der Waals surface area contributed by atoms with Crippen molar-refractivity contribution >= 4 is 21.7 Å². The second-order valence-corrected chi connectivity index (χ2v) is 4.51. The summed E-state index contributed by atoms with van der Waals surface area (Å²) >= 11 is 3.27. The van der Waals surface area contributed by atoms with Gasteiger partial charge in [0.05, 0.1) is 0 Å². The van der Waals surface area contributed by atoms with Crippen LogP contribution < -0.4 is 14.8 Å². The summed E-state index contributed by atoms with van der Waals surface area (Å²) in [5.74, 6) is 0.745. The van der Waals surface area contributed by atoms with Gasteiger partial charge in [-0.1, -0.05) is 0 Å². The molecule has 5 nitrogen and oxygen atoms in total. The van der Waals surface area contributed by atoms with Crippen LogP contribution in [0.25, 0.3) is 0 Å². The highest BCUT2D eigenvalue weighted by Crippen LogP contribution is 2.32. The molecule has 9 heteroatoms. The summed E-state index contributed by atoms with van der Waals surface area (Å²) in [6.45, 7) is 0. The van der Waals surface area contributed by atoms with Crippen molar-refractivity contribution in [1.82, 2.24) is 9.97 Å². The topological polar surface area (TPSA) is 56.3 Å². The molecule has 0 aliphatic rings. The molecule has 0 bridgehead atoms. The lowest BCUT2D eigenvalue weighted by atomic mass is 10.3. The normalized spacial score (nSPS) is 11.1. The van der Waals surface area contributed by atoms with E-state index in [1.54, 1.807) is 7.05 Å². The van der Waals surface area contributed by atoms with E-state index in [0.29, 0.717) is 16.0 Å². The second-order valence-electron chi connectivity index (χ2n) is 3.71. The Labute approximate surface area is 126 Å². The van der Waals surface area contributed by atoms with Crippen molar-refractivity contribution in [3.63, 3.8) is 0 Å². The zero-order valence-electron chi connectivity index (χ0n) is 10.6. The Morgan fingerprint density at radius 2 is 1.71 bits per heavy atom. The van der Waals surface area contributed by atoms with E-state index in [-0.39, 0.29) is 11.6 Å².